The molecule has 2 unspecified atom stereocenters. The summed E-state index contributed by atoms with van der Waals surface area (Å²) in [4.78, 5) is 26.1. The minimum absolute atomic E-state index is 0.217. The largest absolute Gasteiger partial charge is 0.371 e. The number of hydrogen-bond donors (Lipinski definition) is 0. The first-order valence-corrected chi connectivity index (χ1v) is 10.5. The van der Waals surface area contributed by atoms with E-state index < -0.39 is 22.3 Å². The number of benzene rings is 2. The van der Waals surface area contributed by atoms with Gasteiger partial charge in [0.2, 0.25) is 0 Å². The molecule has 4 rings (SSSR count). The number of ketones is 2. The van der Waals surface area contributed by atoms with Crippen molar-refractivity contribution < 1.29 is 26.9 Å². The van der Waals surface area contributed by atoms with Crippen LogP contribution in [0, 0.1) is 0 Å². The molecule has 0 fully saturated rings. The van der Waals surface area contributed by atoms with Crippen molar-refractivity contribution in [1.82, 2.24) is 0 Å². The van der Waals surface area contributed by atoms with Crippen molar-refractivity contribution in [3.63, 3.8) is 0 Å². The fourth-order valence-electron chi connectivity index (χ4n) is 3.95. The van der Waals surface area contributed by atoms with Crippen LogP contribution in [0.4, 0.5) is 0 Å². The fraction of sp³-hybridized carbons (Fsp3) is 0.300. The smallest absolute Gasteiger partial charge is 0.264 e. The molecule has 0 amide bonds. The maximum Gasteiger partial charge on any atom is 0.264 e. The molecule has 0 saturated carbocycles. The Bertz CT molecular complexity index is 1070. The molecule has 2 atom stereocenters. The minimum atomic E-state index is -3.70. The predicted octanol–water partition coefficient (Wildman–Crippen LogP) is 2.44. The van der Waals surface area contributed by atoms with Gasteiger partial charge in [-0.05, 0) is 24.1 Å². The number of rotatable bonds is 4. The summed E-state index contributed by atoms with van der Waals surface area (Å²) in [5, 5.41) is 0. The van der Waals surface area contributed by atoms with Gasteiger partial charge in [0, 0.05) is 35.3 Å². The molecule has 27 heavy (non-hydrogen) atoms. The quantitative estimate of drug-likeness (QED) is 0.640. The third-order valence-corrected chi connectivity index (χ3v) is 5.51. The third-order valence-electron chi connectivity index (χ3n) is 4.91. The first-order chi connectivity index (χ1) is 12.8. The van der Waals surface area contributed by atoms with E-state index in [1.54, 1.807) is 43.3 Å². The lowest BCUT2D eigenvalue weighted by atomic mass is 9.80. The molecule has 0 aliphatic heterocycles. The Balaban J connectivity index is 1.89. The molecule has 2 aliphatic carbocycles. The highest BCUT2D eigenvalue weighted by Crippen LogP contribution is 2.43. The van der Waals surface area contributed by atoms with Crippen LogP contribution in [0.1, 0.15) is 56.0 Å². The molecule has 2 aromatic carbocycles. The standard InChI is InChI=1S/C20H18O6S/c1-3-25-20-15(26-27(2,23)24)10-11-8-9-14-17(16(11)20)19(22)13-7-5-4-6-12(13)18(14)21/h4-9,15,20H,3,10H2,1-2H3. The van der Waals surface area contributed by atoms with Crippen molar-refractivity contribution in [3.8, 4) is 0 Å². The molecule has 2 aromatic rings. The molecule has 0 radical (unpaired) electrons. The highest BCUT2D eigenvalue weighted by atomic mass is 32.2. The van der Waals surface area contributed by atoms with Crippen molar-refractivity contribution in [2.45, 2.75) is 25.6 Å². The van der Waals surface area contributed by atoms with Crippen molar-refractivity contribution in [3.05, 3.63) is 69.8 Å². The zero-order chi connectivity index (χ0) is 19.3. The minimum Gasteiger partial charge on any atom is -0.371 e. The highest BCUT2D eigenvalue weighted by molar-refractivity contribution is 7.86. The van der Waals surface area contributed by atoms with Crippen molar-refractivity contribution >= 4 is 21.7 Å². The van der Waals surface area contributed by atoms with Crippen LogP contribution in [0.15, 0.2) is 36.4 Å². The van der Waals surface area contributed by atoms with Crippen LogP contribution in [0.3, 0.4) is 0 Å². The second-order valence-corrected chi connectivity index (χ2v) is 8.28. The second kappa shape index (κ2) is 6.37. The lowest BCUT2D eigenvalue weighted by Crippen LogP contribution is -2.27. The van der Waals surface area contributed by atoms with Crippen LogP contribution in [0.5, 0.6) is 0 Å². The van der Waals surface area contributed by atoms with Crippen LogP contribution in [-0.4, -0.2) is 39.0 Å². The van der Waals surface area contributed by atoms with E-state index in [4.69, 9.17) is 8.92 Å². The fourth-order valence-corrected chi connectivity index (χ4v) is 4.57. The molecule has 0 aromatic heterocycles. The van der Waals surface area contributed by atoms with Gasteiger partial charge < -0.3 is 4.74 Å². The lowest BCUT2D eigenvalue weighted by molar-refractivity contribution is -0.00892. The molecule has 2 aliphatic rings. The highest BCUT2D eigenvalue weighted by Gasteiger charge is 2.42. The summed E-state index contributed by atoms with van der Waals surface area (Å²) in [6, 6.07) is 10.1. The van der Waals surface area contributed by atoms with Gasteiger partial charge in [-0.3, -0.25) is 13.8 Å². The Morgan fingerprint density at radius 1 is 1.00 bits per heavy atom. The van der Waals surface area contributed by atoms with Gasteiger partial charge in [0.15, 0.2) is 11.6 Å². The zero-order valence-electron chi connectivity index (χ0n) is 14.9. The summed E-state index contributed by atoms with van der Waals surface area (Å²) in [5.41, 5.74) is 2.68. The van der Waals surface area contributed by atoms with Crippen LogP contribution in [0.25, 0.3) is 0 Å². The molecule has 0 heterocycles. The molecule has 6 nitrogen and oxygen atoms in total. The Morgan fingerprint density at radius 2 is 1.67 bits per heavy atom. The van der Waals surface area contributed by atoms with Crippen LogP contribution >= 0.6 is 0 Å². The van der Waals surface area contributed by atoms with E-state index in [2.05, 4.69) is 0 Å². The SMILES string of the molecule is CCOC1c2c(ccc3c2C(=O)c2ccccc2C3=O)CC1OS(C)(=O)=O. The number of ether oxygens (including phenoxy) is 1. The summed E-state index contributed by atoms with van der Waals surface area (Å²) in [6.07, 6.45) is -0.207. The second-order valence-electron chi connectivity index (χ2n) is 6.68. The van der Waals surface area contributed by atoms with Crippen LogP contribution in [0.2, 0.25) is 0 Å². The van der Waals surface area contributed by atoms with Gasteiger partial charge in [0.1, 0.15) is 12.2 Å². The summed E-state index contributed by atoms with van der Waals surface area (Å²) >= 11 is 0. The number of carbonyl (C=O) groups is 2. The number of carbonyl (C=O) groups excluding carboxylic acids is 2. The van der Waals surface area contributed by atoms with Gasteiger partial charge >= 0.3 is 0 Å². The molecule has 7 heteroatoms. The average Bonchev–Trinajstić information content (AvgIpc) is 2.95. The summed E-state index contributed by atoms with van der Waals surface area (Å²) in [5.74, 6) is -0.465. The third kappa shape index (κ3) is 2.92. The predicted molar refractivity (Wildman–Crippen MR) is 97.5 cm³/mol. The van der Waals surface area contributed by atoms with Gasteiger partial charge in [-0.2, -0.15) is 8.42 Å². The maximum atomic E-state index is 13.2. The number of hydrogen-bond acceptors (Lipinski definition) is 6. The summed E-state index contributed by atoms with van der Waals surface area (Å²) in [7, 11) is -3.70. The van der Waals surface area contributed by atoms with E-state index in [0.29, 0.717) is 40.8 Å². The molecule has 0 bridgehead atoms. The van der Waals surface area contributed by atoms with Crippen molar-refractivity contribution in [2.24, 2.45) is 0 Å². The van der Waals surface area contributed by atoms with E-state index in [1.807, 2.05) is 0 Å². The molecule has 0 saturated heterocycles. The first-order valence-electron chi connectivity index (χ1n) is 8.66. The van der Waals surface area contributed by atoms with E-state index >= 15 is 0 Å². The molecule has 0 spiro atoms. The van der Waals surface area contributed by atoms with Gasteiger partial charge in [0.25, 0.3) is 10.1 Å². The van der Waals surface area contributed by atoms with Crippen molar-refractivity contribution in [2.75, 3.05) is 12.9 Å². The van der Waals surface area contributed by atoms with Crippen LogP contribution in [-0.2, 0) is 25.5 Å². The molecular formula is C20H18O6S. The Hall–Kier alpha value is -2.35. The first kappa shape index (κ1) is 18.0. The van der Waals surface area contributed by atoms with Gasteiger partial charge in [0.05, 0.1) is 6.26 Å². The van der Waals surface area contributed by atoms with E-state index in [-0.39, 0.29) is 11.6 Å². The maximum absolute atomic E-state index is 13.2. The average molecular weight is 386 g/mol. The lowest BCUT2D eigenvalue weighted by Gasteiger charge is -2.24. The van der Waals surface area contributed by atoms with Gasteiger partial charge in [-0.25, -0.2) is 0 Å². The monoisotopic (exact) mass is 386 g/mol. The van der Waals surface area contributed by atoms with Crippen LogP contribution < -0.4 is 0 Å². The molecule has 0 N–H and O–H groups in total. The van der Waals surface area contributed by atoms with Gasteiger partial charge in [-0.1, -0.05) is 30.3 Å². The molecular weight excluding hydrogens is 368 g/mol. The Morgan fingerprint density at radius 3 is 2.30 bits per heavy atom. The summed E-state index contributed by atoms with van der Waals surface area (Å²) < 4.78 is 34.3. The van der Waals surface area contributed by atoms with Gasteiger partial charge in [-0.15, -0.1) is 0 Å². The van der Waals surface area contributed by atoms with E-state index in [9.17, 15) is 18.0 Å². The molecule has 140 valence electrons. The van der Waals surface area contributed by atoms with E-state index in [1.165, 1.54) is 0 Å². The summed E-state index contributed by atoms with van der Waals surface area (Å²) in [6.45, 7) is 2.10. The Kier molecular flexibility index (Phi) is 4.25. The van der Waals surface area contributed by atoms with Crippen molar-refractivity contribution in [1.29, 1.82) is 0 Å². The topological polar surface area (TPSA) is 86.7 Å². The number of fused-ring (bicyclic) bond motifs is 4. The normalized spacial score (nSPS) is 21.0. The zero-order valence-corrected chi connectivity index (χ0v) is 15.7. The van der Waals surface area contributed by atoms with E-state index in [0.717, 1.165) is 11.8 Å². The Labute approximate surface area is 157 Å².